The van der Waals surface area contributed by atoms with Crippen molar-refractivity contribution in [2.45, 2.75) is 200 Å². The molecule has 0 radical (unpaired) electrons. The Morgan fingerprint density at radius 3 is 1.51 bits per heavy atom. The van der Waals surface area contributed by atoms with Crippen molar-refractivity contribution in [1.82, 2.24) is 0 Å². The molecule has 0 amide bonds. The molecule has 0 fully saturated rings. The molecule has 0 saturated carbocycles. The van der Waals surface area contributed by atoms with Crippen LogP contribution in [0, 0.1) is 0 Å². The molecule has 0 aliphatic rings. The minimum atomic E-state index is -4.28. The first kappa shape index (κ1) is 46.1. The maximum Gasteiger partial charge on any atom is 0.472 e. The number of ether oxygens (including phenoxy) is 2. The molecule has 0 aliphatic heterocycles. The summed E-state index contributed by atoms with van der Waals surface area (Å²) in [7, 11) is -4.28. The minimum Gasteiger partial charge on any atom is -0.498 e. The van der Waals surface area contributed by atoms with E-state index in [4.69, 9.17) is 24.3 Å². The summed E-state index contributed by atoms with van der Waals surface area (Å²) in [6.45, 7) is 4.24. The molecule has 9 heteroatoms. The van der Waals surface area contributed by atoms with Crippen LogP contribution >= 0.6 is 7.82 Å². The summed E-state index contributed by atoms with van der Waals surface area (Å²) in [4.78, 5) is 22.3. The number of rotatable bonds is 38. The van der Waals surface area contributed by atoms with E-state index in [0.29, 0.717) is 6.42 Å². The number of hydrogen-bond acceptors (Lipinski definition) is 7. The Balaban J connectivity index is 4.04. The average Bonchev–Trinajstić information content (AvgIpc) is 3.06. The van der Waals surface area contributed by atoms with Gasteiger partial charge in [0.15, 0.2) is 6.10 Å². The van der Waals surface area contributed by atoms with Crippen LogP contribution in [-0.2, 0) is 27.9 Å². The molecule has 47 heavy (non-hydrogen) atoms. The third kappa shape index (κ3) is 36.2. The van der Waals surface area contributed by atoms with E-state index >= 15 is 0 Å². The highest BCUT2D eigenvalue weighted by molar-refractivity contribution is 7.47. The molecule has 0 saturated heterocycles. The Hall–Kier alpha value is -0.920. The molecular formula is C38H76NO7P. The largest absolute Gasteiger partial charge is 0.498 e. The quantitative estimate of drug-likeness (QED) is 0.0285. The highest BCUT2D eigenvalue weighted by Crippen LogP contribution is 2.43. The molecule has 280 valence electrons. The lowest BCUT2D eigenvalue weighted by atomic mass is 10.0. The van der Waals surface area contributed by atoms with E-state index in [-0.39, 0.29) is 32.3 Å². The van der Waals surface area contributed by atoms with Crippen LogP contribution in [0.25, 0.3) is 0 Å². The second kappa shape index (κ2) is 36.4. The lowest BCUT2D eigenvalue weighted by molar-refractivity contribution is -0.153. The van der Waals surface area contributed by atoms with Gasteiger partial charge in [-0.25, -0.2) is 4.57 Å². The van der Waals surface area contributed by atoms with Crippen molar-refractivity contribution in [3.8, 4) is 0 Å². The molecule has 0 aromatic carbocycles. The van der Waals surface area contributed by atoms with Crippen molar-refractivity contribution in [2.75, 3.05) is 26.4 Å². The van der Waals surface area contributed by atoms with Crippen molar-refractivity contribution in [3.63, 3.8) is 0 Å². The summed E-state index contributed by atoms with van der Waals surface area (Å²) in [6.07, 6.45) is 37.5. The van der Waals surface area contributed by atoms with E-state index in [0.717, 1.165) is 32.1 Å². The molecule has 3 N–H and O–H groups in total. The van der Waals surface area contributed by atoms with Crippen molar-refractivity contribution in [3.05, 3.63) is 12.3 Å². The Bertz CT molecular complexity index is 737. The number of allylic oxidation sites excluding steroid dienone is 1. The van der Waals surface area contributed by atoms with Gasteiger partial charge in [0.1, 0.15) is 6.61 Å². The SMILES string of the molecule is CCCCCCCCCCCCCCCCCC/C=C\OC[C@H](COP(=O)(O)OCCN)OC(=O)CCCCCCCCCCCC. The van der Waals surface area contributed by atoms with Crippen LogP contribution in [0.3, 0.4) is 0 Å². The molecule has 0 aromatic heterocycles. The number of hydrogen-bond donors (Lipinski definition) is 2. The van der Waals surface area contributed by atoms with Gasteiger partial charge in [0.25, 0.3) is 0 Å². The van der Waals surface area contributed by atoms with Gasteiger partial charge >= 0.3 is 13.8 Å². The van der Waals surface area contributed by atoms with Crippen LogP contribution in [0.2, 0.25) is 0 Å². The average molecular weight is 690 g/mol. The van der Waals surface area contributed by atoms with E-state index in [1.165, 1.54) is 141 Å². The topological polar surface area (TPSA) is 117 Å². The summed E-state index contributed by atoms with van der Waals surface area (Å²) >= 11 is 0. The zero-order valence-corrected chi connectivity index (χ0v) is 31.7. The first-order valence-corrected chi connectivity index (χ1v) is 21.2. The Kier molecular flexibility index (Phi) is 35.7. The predicted molar refractivity (Wildman–Crippen MR) is 196 cm³/mol. The van der Waals surface area contributed by atoms with Gasteiger partial charge in [0.05, 0.1) is 19.5 Å². The first-order valence-electron chi connectivity index (χ1n) is 19.7. The molecular weight excluding hydrogens is 613 g/mol. The molecule has 0 bridgehead atoms. The monoisotopic (exact) mass is 690 g/mol. The first-order chi connectivity index (χ1) is 22.9. The molecule has 0 spiro atoms. The van der Waals surface area contributed by atoms with Crippen LogP contribution in [-0.4, -0.2) is 43.3 Å². The summed E-state index contributed by atoms with van der Waals surface area (Å²) in [5, 5.41) is 0. The van der Waals surface area contributed by atoms with E-state index in [2.05, 4.69) is 13.8 Å². The number of phosphoric acid groups is 1. The number of carbonyl (C=O) groups is 1. The van der Waals surface area contributed by atoms with Gasteiger partial charge in [-0.1, -0.05) is 168 Å². The third-order valence-corrected chi connectivity index (χ3v) is 9.51. The normalized spacial score (nSPS) is 13.6. The van der Waals surface area contributed by atoms with Gasteiger partial charge in [-0.3, -0.25) is 13.8 Å². The second-order valence-electron chi connectivity index (χ2n) is 13.2. The standard InChI is InChI=1S/C38H76NO7P/c1-3-5-7-9-11-13-15-16-17-18-19-20-21-22-24-26-28-30-33-43-35-37(36-45-47(41,42)44-34-32-39)46-38(40)31-29-27-25-23-14-12-10-8-6-4-2/h30,33,37H,3-29,31-32,34-36,39H2,1-2H3,(H,41,42)/b33-30-/t37-/m1/s1. The van der Waals surface area contributed by atoms with E-state index in [9.17, 15) is 14.3 Å². The van der Waals surface area contributed by atoms with Crippen molar-refractivity contribution >= 4 is 13.8 Å². The molecule has 0 aliphatic carbocycles. The van der Waals surface area contributed by atoms with E-state index in [1.54, 1.807) is 6.26 Å². The van der Waals surface area contributed by atoms with Crippen molar-refractivity contribution in [1.29, 1.82) is 0 Å². The van der Waals surface area contributed by atoms with Crippen molar-refractivity contribution < 1.29 is 32.8 Å². The number of carbonyl (C=O) groups excluding carboxylic acids is 1. The fourth-order valence-corrected chi connectivity index (χ4v) is 6.37. The second-order valence-corrected chi connectivity index (χ2v) is 14.7. The van der Waals surface area contributed by atoms with Crippen LogP contribution < -0.4 is 5.73 Å². The van der Waals surface area contributed by atoms with Gasteiger partial charge in [0, 0.05) is 13.0 Å². The van der Waals surface area contributed by atoms with Crippen LogP contribution in [0.15, 0.2) is 12.3 Å². The molecule has 0 aromatic rings. The van der Waals surface area contributed by atoms with Gasteiger partial charge < -0.3 is 20.1 Å². The Morgan fingerprint density at radius 1 is 0.638 bits per heavy atom. The smallest absolute Gasteiger partial charge is 0.472 e. The Labute approximate surface area is 290 Å². The fourth-order valence-electron chi connectivity index (χ4n) is 5.61. The van der Waals surface area contributed by atoms with Gasteiger partial charge in [-0.05, 0) is 25.3 Å². The highest BCUT2D eigenvalue weighted by atomic mass is 31.2. The van der Waals surface area contributed by atoms with Gasteiger partial charge in [0.2, 0.25) is 0 Å². The lowest BCUT2D eigenvalue weighted by Gasteiger charge is -2.19. The lowest BCUT2D eigenvalue weighted by Crippen LogP contribution is -2.27. The molecule has 2 atom stereocenters. The predicted octanol–water partition coefficient (Wildman–Crippen LogP) is 11.5. The molecule has 0 rings (SSSR count). The maximum atomic E-state index is 12.5. The molecule has 1 unspecified atom stereocenters. The zero-order valence-electron chi connectivity index (χ0n) is 30.8. The number of nitrogens with two attached hydrogens (primary N) is 1. The number of esters is 1. The van der Waals surface area contributed by atoms with Crippen molar-refractivity contribution in [2.24, 2.45) is 5.73 Å². The van der Waals surface area contributed by atoms with Gasteiger partial charge in [-0.15, -0.1) is 0 Å². The molecule has 0 heterocycles. The third-order valence-electron chi connectivity index (χ3n) is 8.53. The summed E-state index contributed by atoms with van der Waals surface area (Å²) < 4.78 is 33.0. The fraction of sp³-hybridized carbons (Fsp3) is 0.921. The highest BCUT2D eigenvalue weighted by Gasteiger charge is 2.25. The summed E-state index contributed by atoms with van der Waals surface area (Å²) in [5.41, 5.74) is 5.34. The van der Waals surface area contributed by atoms with Gasteiger partial charge in [-0.2, -0.15) is 0 Å². The van der Waals surface area contributed by atoms with E-state index in [1.807, 2.05) is 6.08 Å². The van der Waals surface area contributed by atoms with Crippen LogP contribution in [0.5, 0.6) is 0 Å². The number of unbranched alkanes of at least 4 members (excludes halogenated alkanes) is 25. The van der Waals surface area contributed by atoms with E-state index < -0.39 is 13.9 Å². The maximum absolute atomic E-state index is 12.5. The summed E-state index contributed by atoms with van der Waals surface area (Å²) in [6, 6.07) is 0. The zero-order chi connectivity index (χ0) is 34.5. The minimum absolute atomic E-state index is 0.0378. The number of phosphoric ester groups is 1. The molecule has 8 nitrogen and oxygen atoms in total. The van der Waals surface area contributed by atoms with Crippen LogP contribution in [0.1, 0.15) is 194 Å². The Morgan fingerprint density at radius 2 is 1.06 bits per heavy atom. The summed E-state index contributed by atoms with van der Waals surface area (Å²) in [5.74, 6) is -0.352. The van der Waals surface area contributed by atoms with Crippen LogP contribution in [0.4, 0.5) is 0 Å².